The molecule has 0 N–H and O–H groups in total. The smallest absolute Gasteiger partial charge is 0.326 e. The summed E-state index contributed by atoms with van der Waals surface area (Å²) in [5.74, 6) is -0.668. The van der Waals surface area contributed by atoms with Crippen molar-refractivity contribution in [3.8, 4) is 5.75 Å². The SMILES string of the molecule is CC(C)CS(=O)(=O)CC(=O)Oc1ccccc1C(C)C. The predicted molar refractivity (Wildman–Crippen MR) is 79.7 cm³/mol. The number of rotatable bonds is 6. The van der Waals surface area contributed by atoms with E-state index in [2.05, 4.69) is 0 Å². The zero-order valence-electron chi connectivity index (χ0n) is 12.4. The number of carbonyl (C=O) groups excluding carboxylic acids is 1. The largest absolute Gasteiger partial charge is 0.425 e. The summed E-state index contributed by atoms with van der Waals surface area (Å²) >= 11 is 0. The number of para-hydroxylation sites is 1. The van der Waals surface area contributed by atoms with Gasteiger partial charge in [0.05, 0.1) is 5.75 Å². The topological polar surface area (TPSA) is 60.4 Å². The van der Waals surface area contributed by atoms with E-state index in [-0.39, 0.29) is 17.6 Å². The van der Waals surface area contributed by atoms with Gasteiger partial charge in [0.2, 0.25) is 0 Å². The monoisotopic (exact) mass is 298 g/mol. The fourth-order valence-electron chi connectivity index (χ4n) is 1.95. The highest BCUT2D eigenvalue weighted by Gasteiger charge is 2.20. The zero-order chi connectivity index (χ0) is 15.3. The quantitative estimate of drug-likeness (QED) is 0.598. The molecule has 0 aliphatic heterocycles. The van der Waals surface area contributed by atoms with Gasteiger partial charge in [-0.15, -0.1) is 0 Å². The summed E-state index contributed by atoms with van der Waals surface area (Å²) in [5.41, 5.74) is 0.891. The molecule has 0 saturated carbocycles. The molecular formula is C15H22O4S. The van der Waals surface area contributed by atoms with Crippen molar-refractivity contribution in [1.82, 2.24) is 0 Å². The Morgan fingerprint density at radius 3 is 2.30 bits per heavy atom. The number of carbonyl (C=O) groups is 1. The van der Waals surface area contributed by atoms with Crippen LogP contribution in [0.1, 0.15) is 39.2 Å². The Morgan fingerprint density at radius 2 is 1.75 bits per heavy atom. The Labute approximate surface area is 121 Å². The third kappa shape index (κ3) is 5.33. The Morgan fingerprint density at radius 1 is 1.15 bits per heavy atom. The molecule has 1 aromatic carbocycles. The maximum atomic E-state index is 11.8. The van der Waals surface area contributed by atoms with Gasteiger partial charge in [-0.2, -0.15) is 0 Å². The Balaban J connectivity index is 2.77. The van der Waals surface area contributed by atoms with E-state index in [1.165, 1.54) is 0 Å². The van der Waals surface area contributed by atoms with Crippen LogP contribution in [0.3, 0.4) is 0 Å². The van der Waals surface area contributed by atoms with E-state index in [1.54, 1.807) is 26.0 Å². The second-order valence-electron chi connectivity index (χ2n) is 5.62. The molecule has 0 radical (unpaired) electrons. The minimum absolute atomic E-state index is 0.00393. The summed E-state index contributed by atoms with van der Waals surface area (Å²) in [4.78, 5) is 11.8. The molecule has 112 valence electrons. The van der Waals surface area contributed by atoms with Crippen LogP contribution in [0.15, 0.2) is 24.3 Å². The van der Waals surface area contributed by atoms with Gasteiger partial charge in [-0.1, -0.05) is 45.9 Å². The van der Waals surface area contributed by atoms with Crippen LogP contribution in [0.5, 0.6) is 5.75 Å². The minimum Gasteiger partial charge on any atom is -0.425 e. The molecule has 20 heavy (non-hydrogen) atoms. The zero-order valence-corrected chi connectivity index (χ0v) is 13.2. The number of ether oxygens (including phenoxy) is 1. The van der Waals surface area contributed by atoms with Crippen molar-refractivity contribution in [3.63, 3.8) is 0 Å². The molecule has 0 aromatic heterocycles. The van der Waals surface area contributed by atoms with Gasteiger partial charge in [-0.05, 0) is 23.5 Å². The lowest BCUT2D eigenvalue weighted by Crippen LogP contribution is -2.25. The van der Waals surface area contributed by atoms with Crippen LogP contribution < -0.4 is 4.74 Å². The van der Waals surface area contributed by atoms with Gasteiger partial charge in [-0.25, -0.2) is 8.42 Å². The van der Waals surface area contributed by atoms with Crippen molar-refractivity contribution in [1.29, 1.82) is 0 Å². The van der Waals surface area contributed by atoms with Gasteiger partial charge in [0.15, 0.2) is 9.84 Å². The van der Waals surface area contributed by atoms with E-state index in [9.17, 15) is 13.2 Å². The minimum atomic E-state index is -3.41. The van der Waals surface area contributed by atoms with Gasteiger partial charge in [0.1, 0.15) is 11.5 Å². The number of sulfone groups is 1. The molecule has 1 rings (SSSR count). The lowest BCUT2D eigenvalue weighted by molar-refractivity contribution is -0.131. The molecule has 0 fully saturated rings. The highest BCUT2D eigenvalue weighted by molar-refractivity contribution is 7.92. The first-order chi connectivity index (χ1) is 9.21. The summed E-state index contributed by atoms with van der Waals surface area (Å²) in [6, 6.07) is 7.18. The van der Waals surface area contributed by atoms with Gasteiger partial charge < -0.3 is 4.74 Å². The Bertz CT molecular complexity index is 559. The molecule has 0 aliphatic rings. The number of benzene rings is 1. The molecule has 0 unspecified atom stereocenters. The molecule has 0 spiro atoms. The first-order valence-electron chi connectivity index (χ1n) is 6.71. The average molecular weight is 298 g/mol. The Kier molecular flexibility index (Phi) is 5.74. The van der Waals surface area contributed by atoms with Crippen molar-refractivity contribution in [3.05, 3.63) is 29.8 Å². The van der Waals surface area contributed by atoms with E-state index in [4.69, 9.17) is 4.74 Å². The number of hydrogen-bond acceptors (Lipinski definition) is 4. The van der Waals surface area contributed by atoms with Crippen molar-refractivity contribution in [2.75, 3.05) is 11.5 Å². The van der Waals surface area contributed by atoms with Crippen LogP contribution in [0.4, 0.5) is 0 Å². The summed E-state index contributed by atoms with van der Waals surface area (Å²) in [5, 5.41) is 0. The summed E-state index contributed by atoms with van der Waals surface area (Å²) < 4.78 is 28.7. The number of esters is 1. The molecule has 0 heterocycles. The van der Waals surface area contributed by atoms with Gasteiger partial charge >= 0.3 is 5.97 Å². The summed E-state index contributed by atoms with van der Waals surface area (Å²) in [6.45, 7) is 7.58. The maximum absolute atomic E-state index is 11.8. The van der Waals surface area contributed by atoms with Gasteiger partial charge in [0, 0.05) is 0 Å². The Hall–Kier alpha value is -1.36. The van der Waals surface area contributed by atoms with Crippen molar-refractivity contribution in [2.45, 2.75) is 33.6 Å². The van der Waals surface area contributed by atoms with Gasteiger partial charge in [-0.3, -0.25) is 4.79 Å². The molecule has 0 bridgehead atoms. The molecule has 0 saturated heterocycles. The fourth-order valence-corrected chi connectivity index (χ4v) is 3.50. The normalized spacial score (nSPS) is 11.9. The van der Waals surface area contributed by atoms with E-state index in [0.29, 0.717) is 5.75 Å². The second kappa shape index (κ2) is 6.88. The molecule has 1 aromatic rings. The highest BCUT2D eigenvalue weighted by atomic mass is 32.2. The van der Waals surface area contributed by atoms with Crippen LogP contribution >= 0.6 is 0 Å². The third-order valence-electron chi connectivity index (χ3n) is 2.69. The maximum Gasteiger partial charge on any atom is 0.326 e. The molecule has 0 aliphatic carbocycles. The standard InChI is InChI=1S/C15H22O4S/c1-11(2)9-20(17,18)10-15(16)19-14-8-6-5-7-13(14)12(3)4/h5-8,11-12H,9-10H2,1-4H3. The predicted octanol–water partition coefficient (Wildman–Crippen LogP) is 2.79. The van der Waals surface area contributed by atoms with E-state index in [0.717, 1.165) is 5.56 Å². The second-order valence-corrected chi connectivity index (χ2v) is 7.72. The number of hydrogen-bond donors (Lipinski definition) is 0. The van der Waals surface area contributed by atoms with Gasteiger partial charge in [0.25, 0.3) is 0 Å². The van der Waals surface area contributed by atoms with Crippen molar-refractivity contribution >= 4 is 15.8 Å². The van der Waals surface area contributed by atoms with Crippen LogP contribution in [-0.4, -0.2) is 25.9 Å². The van der Waals surface area contributed by atoms with E-state index < -0.39 is 21.6 Å². The van der Waals surface area contributed by atoms with Crippen LogP contribution in [0, 0.1) is 5.92 Å². The molecule has 0 amide bonds. The lowest BCUT2D eigenvalue weighted by atomic mass is 10.0. The average Bonchev–Trinajstić information content (AvgIpc) is 2.26. The van der Waals surface area contributed by atoms with Crippen molar-refractivity contribution < 1.29 is 17.9 Å². The molecule has 0 atom stereocenters. The van der Waals surface area contributed by atoms with Crippen molar-refractivity contribution in [2.24, 2.45) is 5.92 Å². The lowest BCUT2D eigenvalue weighted by Gasteiger charge is -2.12. The molecule has 5 heteroatoms. The first kappa shape index (κ1) is 16.7. The van der Waals surface area contributed by atoms with E-state index in [1.807, 2.05) is 26.0 Å². The third-order valence-corrected chi connectivity index (χ3v) is 4.54. The van der Waals surface area contributed by atoms with Crippen LogP contribution in [-0.2, 0) is 14.6 Å². The fraction of sp³-hybridized carbons (Fsp3) is 0.533. The van der Waals surface area contributed by atoms with Crippen LogP contribution in [0.25, 0.3) is 0 Å². The molecule has 4 nitrogen and oxygen atoms in total. The first-order valence-corrected chi connectivity index (χ1v) is 8.53. The summed E-state index contributed by atoms with van der Waals surface area (Å²) in [7, 11) is -3.41. The van der Waals surface area contributed by atoms with Crippen LogP contribution in [0.2, 0.25) is 0 Å². The van der Waals surface area contributed by atoms with E-state index >= 15 is 0 Å². The molecular weight excluding hydrogens is 276 g/mol. The summed E-state index contributed by atoms with van der Waals surface area (Å²) in [6.07, 6.45) is 0. The highest BCUT2D eigenvalue weighted by Crippen LogP contribution is 2.26.